The molecule has 1 rings (SSSR count). The average molecular weight is 228 g/mol. The Morgan fingerprint density at radius 1 is 1.47 bits per heavy atom. The summed E-state index contributed by atoms with van der Waals surface area (Å²) in [5.74, 6) is 2.06. The van der Waals surface area contributed by atoms with Gasteiger partial charge in [-0.2, -0.15) is 0 Å². The summed E-state index contributed by atoms with van der Waals surface area (Å²) in [6.07, 6.45) is 0. The topological polar surface area (TPSA) is 12.5 Å². The first-order chi connectivity index (χ1) is 7.17. The number of nitrogens with zero attached hydrogens (tertiary/aromatic N) is 1. The molecule has 0 N–H and O–H groups in total. The van der Waals surface area contributed by atoms with Crippen LogP contribution in [0.5, 0.6) is 5.75 Å². The maximum atomic E-state index is 5.79. The van der Waals surface area contributed by atoms with E-state index in [4.69, 9.17) is 16.3 Å². The summed E-state index contributed by atoms with van der Waals surface area (Å²) in [5, 5.41) is 0. The molecule has 0 fully saturated rings. The van der Waals surface area contributed by atoms with Gasteiger partial charge in [-0.3, -0.25) is 0 Å². The van der Waals surface area contributed by atoms with Crippen molar-refractivity contribution >= 4 is 17.3 Å². The maximum absolute atomic E-state index is 5.79. The Morgan fingerprint density at radius 2 is 2.20 bits per heavy atom. The molecule has 1 unspecified atom stereocenters. The maximum Gasteiger partial charge on any atom is 0.120 e. The van der Waals surface area contributed by atoms with E-state index in [1.165, 1.54) is 0 Å². The lowest BCUT2D eigenvalue weighted by Crippen LogP contribution is -2.24. The van der Waals surface area contributed by atoms with Crippen molar-refractivity contribution in [2.75, 3.05) is 31.5 Å². The van der Waals surface area contributed by atoms with Gasteiger partial charge in [-0.15, -0.1) is 11.6 Å². The average Bonchev–Trinajstić information content (AvgIpc) is 2.28. The molecule has 2 nitrogen and oxygen atoms in total. The molecule has 0 aliphatic carbocycles. The molecule has 0 amide bonds. The number of anilines is 1. The largest absolute Gasteiger partial charge is 0.497 e. The van der Waals surface area contributed by atoms with Crippen molar-refractivity contribution < 1.29 is 4.74 Å². The highest BCUT2D eigenvalue weighted by molar-refractivity contribution is 6.18. The van der Waals surface area contributed by atoms with Crippen LogP contribution < -0.4 is 9.64 Å². The van der Waals surface area contributed by atoms with Gasteiger partial charge in [0.25, 0.3) is 0 Å². The van der Waals surface area contributed by atoms with Gasteiger partial charge in [-0.25, -0.2) is 0 Å². The van der Waals surface area contributed by atoms with Crippen molar-refractivity contribution in [2.24, 2.45) is 5.92 Å². The molecule has 1 atom stereocenters. The molecule has 0 aromatic heterocycles. The molecule has 0 spiro atoms. The predicted octanol–water partition coefficient (Wildman–Crippen LogP) is 3.01. The first-order valence-electron chi connectivity index (χ1n) is 5.08. The van der Waals surface area contributed by atoms with Gasteiger partial charge in [0.2, 0.25) is 0 Å². The van der Waals surface area contributed by atoms with E-state index in [0.717, 1.165) is 18.0 Å². The van der Waals surface area contributed by atoms with E-state index in [1.54, 1.807) is 7.11 Å². The van der Waals surface area contributed by atoms with Gasteiger partial charge >= 0.3 is 0 Å². The van der Waals surface area contributed by atoms with Crippen LogP contribution in [0.2, 0.25) is 0 Å². The molecule has 3 heteroatoms. The fourth-order valence-corrected chi connectivity index (χ4v) is 1.57. The molecule has 0 aliphatic heterocycles. The molecule has 0 saturated carbocycles. The van der Waals surface area contributed by atoms with Crippen molar-refractivity contribution in [3.8, 4) is 5.75 Å². The van der Waals surface area contributed by atoms with Crippen molar-refractivity contribution in [3.05, 3.63) is 24.3 Å². The molecule has 0 aliphatic rings. The van der Waals surface area contributed by atoms with E-state index < -0.39 is 0 Å². The van der Waals surface area contributed by atoms with E-state index >= 15 is 0 Å². The minimum atomic E-state index is 0.489. The summed E-state index contributed by atoms with van der Waals surface area (Å²) in [7, 11) is 3.75. The zero-order valence-corrected chi connectivity index (χ0v) is 10.3. The van der Waals surface area contributed by atoms with Crippen molar-refractivity contribution in [2.45, 2.75) is 6.92 Å². The molecule has 0 radical (unpaired) electrons. The fraction of sp³-hybridized carbons (Fsp3) is 0.500. The minimum absolute atomic E-state index is 0.489. The zero-order chi connectivity index (χ0) is 11.3. The Kier molecular flexibility index (Phi) is 4.76. The third-order valence-corrected chi connectivity index (χ3v) is 2.87. The number of ether oxygens (including phenoxy) is 1. The van der Waals surface area contributed by atoms with Crippen LogP contribution in [0.1, 0.15) is 6.92 Å². The number of benzene rings is 1. The first kappa shape index (κ1) is 12.2. The van der Waals surface area contributed by atoms with Gasteiger partial charge in [-0.1, -0.05) is 13.0 Å². The van der Waals surface area contributed by atoms with Crippen molar-refractivity contribution in [3.63, 3.8) is 0 Å². The minimum Gasteiger partial charge on any atom is -0.497 e. The normalized spacial score (nSPS) is 12.3. The van der Waals surface area contributed by atoms with E-state index in [0.29, 0.717) is 11.8 Å². The third-order valence-electron chi connectivity index (χ3n) is 2.34. The Balaban J connectivity index is 2.68. The van der Waals surface area contributed by atoms with Gasteiger partial charge in [0.05, 0.1) is 7.11 Å². The van der Waals surface area contributed by atoms with Gasteiger partial charge in [-0.05, 0) is 18.1 Å². The highest BCUT2D eigenvalue weighted by atomic mass is 35.5. The van der Waals surface area contributed by atoms with Gasteiger partial charge in [0.1, 0.15) is 5.75 Å². The number of hydrogen-bond acceptors (Lipinski definition) is 2. The lowest BCUT2D eigenvalue weighted by molar-refractivity contribution is 0.415. The van der Waals surface area contributed by atoms with Crippen LogP contribution in [0, 0.1) is 5.92 Å². The van der Waals surface area contributed by atoms with E-state index in [9.17, 15) is 0 Å². The van der Waals surface area contributed by atoms with Crippen LogP contribution in [0.15, 0.2) is 24.3 Å². The second-order valence-corrected chi connectivity index (χ2v) is 4.15. The second-order valence-electron chi connectivity index (χ2n) is 3.84. The molecule has 15 heavy (non-hydrogen) atoms. The number of methoxy groups -OCH3 is 1. The third kappa shape index (κ3) is 3.63. The molecule has 1 aromatic rings. The van der Waals surface area contributed by atoms with E-state index in [2.05, 4.69) is 24.9 Å². The second kappa shape index (κ2) is 5.86. The number of halogens is 1. The Morgan fingerprint density at radius 3 is 2.80 bits per heavy atom. The van der Waals surface area contributed by atoms with Crippen LogP contribution in [0.3, 0.4) is 0 Å². The number of hydrogen-bond donors (Lipinski definition) is 0. The molecule has 84 valence electrons. The SMILES string of the molecule is COc1cccc(N(C)CC(C)CCl)c1. The van der Waals surface area contributed by atoms with Crippen molar-refractivity contribution in [1.29, 1.82) is 0 Å². The summed E-state index contributed by atoms with van der Waals surface area (Å²) >= 11 is 5.79. The predicted molar refractivity (Wildman–Crippen MR) is 66.1 cm³/mol. The lowest BCUT2D eigenvalue weighted by atomic mass is 10.2. The molecule has 0 heterocycles. The van der Waals surface area contributed by atoms with Gasteiger partial charge in [0, 0.05) is 31.2 Å². The quantitative estimate of drug-likeness (QED) is 0.717. The Bertz CT molecular complexity index is 303. The molecule has 1 aromatic carbocycles. The fourth-order valence-electron chi connectivity index (χ4n) is 1.47. The van der Waals surface area contributed by atoms with Crippen LogP contribution >= 0.6 is 11.6 Å². The summed E-state index contributed by atoms with van der Waals surface area (Å²) in [4.78, 5) is 2.19. The molecular weight excluding hydrogens is 210 g/mol. The first-order valence-corrected chi connectivity index (χ1v) is 5.62. The molecule has 0 bridgehead atoms. The number of rotatable bonds is 5. The van der Waals surface area contributed by atoms with Crippen molar-refractivity contribution in [1.82, 2.24) is 0 Å². The van der Waals surface area contributed by atoms with Crippen LogP contribution in [-0.2, 0) is 0 Å². The van der Waals surface area contributed by atoms with Crippen LogP contribution in [0.4, 0.5) is 5.69 Å². The smallest absolute Gasteiger partial charge is 0.120 e. The Hall–Kier alpha value is -0.890. The summed E-state index contributed by atoms with van der Waals surface area (Å²) in [6, 6.07) is 8.04. The Labute approximate surface area is 96.8 Å². The van der Waals surface area contributed by atoms with Gasteiger partial charge in [0.15, 0.2) is 0 Å². The summed E-state index contributed by atoms with van der Waals surface area (Å²) in [5.41, 5.74) is 1.16. The lowest BCUT2D eigenvalue weighted by Gasteiger charge is -2.22. The number of alkyl halides is 1. The highest BCUT2D eigenvalue weighted by Crippen LogP contribution is 2.20. The van der Waals surface area contributed by atoms with Crippen LogP contribution in [-0.4, -0.2) is 26.6 Å². The molecular formula is C12H18ClNO. The monoisotopic (exact) mass is 227 g/mol. The highest BCUT2D eigenvalue weighted by Gasteiger charge is 2.06. The van der Waals surface area contributed by atoms with E-state index in [1.807, 2.05) is 18.2 Å². The molecule has 0 saturated heterocycles. The van der Waals surface area contributed by atoms with Crippen LogP contribution in [0.25, 0.3) is 0 Å². The van der Waals surface area contributed by atoms with Gasteiger partial charge < -0.3 is 9.64 Å². The summed E-state index contributed by atoms with van der Waals surface area (Å²) < 4.78 is 5.18. The van der Waals surface area contributed by atoms with E-state index in [-0.39, 0.29) is 0 Å². The summed E-state index contributed by atoms with van der Waals surface area (Å²) in [6.45, 7) is 3.10. The standard InChI is InChI=1S/C12H18ClNO/c1-10(8-13)9-14(2)11-5-4-6-12(7-11)15-3/h4-7,10H,8-9H2,1-3H3. The zero-order valence-electron chi connectivity index (χ0n) is 9.53.